The minimum Gasteiger partial charge on any atom is -0.492 e. The number of benzene rings is 1. The summed E-state index contributed by atoms with van der Waals surface area (Å²) in [6, 6.07) is 7.82. The first-order valence-corrected chi connectivity index (χ1v) is 9.39. The van der Waals surface area contributed by atoms with Crippen molar-refractivity contribution in [2.24, 2.45) is 12.0 Å². The lowest BCUT2D eigenvalue weighted by molar-refractivity contribution is -0.00805. The SMILES string of the molecule is CN=C(NCCOc1ccc(Br)cc1)N1CCOC(c2cnn(C)c2)C1. The number of aryl methyl sites for hydroxylation is 1. The predicted molar refractivity (Wildman–Crippen MR) is 104 cm³/mol. The van der Waals surface area contributed by atoms with E-state index in [1.54, 1.807) is 11.7 Å². The molecular weight excluding hydrogens is 398 g/mol. The predicted octanol–water partition coefficient (Wildman–Crippen LogP) is 2.21. The molecule has 7 nitrogen and oxygen atoms in total. The number of morpholine rings is 1. The van der Waals surface area contributed by atoms with Gasteiger partial charge in [0, 0.05) is 36.9 Å². The molecule has 0 radical (unpaired) electrons. The molecule has 2 aromatic rings. The Bertz CT molecular complexity index is 731. The van der Waals surface area contributed by atoms with Crippen LogP contribution in [0.2, 0.25) is 0 Å². The van der Waals surface area contributed by atoms with E-state index >= 15 is 0 Å². The number of nitrogens with one attached hydrogen (secondary N) is 1. The Morgan fingerprint density at radius 2 is 2.23 bits per heavy atom. The van der Waals surface area contributed by atoms with Crippen molar-refractivity contribution in [2.45, 2.75) is 6.10 Å². The number of ether oxygens (including phenoxy) is 2. The van der Waals surface area contributed by atoms with Gasteiger partial charge in [-0.15, -0.1) is 0 Å². The van der Waals surface area contributed by atoms with E-state index in [0.717, 1.165) is 34.8 Å². The quantitative estimate of drug-likeness (QED) is 0.455. The minimum absolute atomic E-state index is 0.00927. The Hall–Kier alpha value is -2.06. The number of rotatable bonds is 5. The fourth-order valence-electron chi connectivity index (χ4n) is 2.84. The molecule has 1 aromatic heterocycles. The van der Waals surface area contributed by atoms with Crippen molar-refractivity contribution in [2.75, 3.05) is 39.9 Å². The standard InChI is InChI=1S/C18H24BrN5O2/c1-20-18(21-7-9-25-16-5-3-15(19)4-6-16)24-8-10-26-17(13-24)14-11-22-23(2)12-14/h3-6,11-12,17H,7-10,13H2,1-2H3,(H,20,21). The summed E-state index contributed by atoms with van der Waals surface area (Å²) in [5.41, 5.74) is 1.09. The Balaban J connectivity index is 1.48. The lowest BCUT2D eigenvalue weighted by Crippen LogP contribution is -2.48. The summed E-state index contributed by atoms with van der Waals surface area (Å²) in [5.74, 6) is 1.72. The number of nitrogens with zero attached hydrogens (tertiary/aromatic N) is 4. The second-order valence-corrected chi connectivity index (χ2v) is 6.94. The van der Waals surface area contributed by atoms with Crippen molar-refractivity contribution < 1.29 is 9.47 Å². The third kappa shape index (κ3) is 4.98. The Morgan fingerprint density at radius 1 is 1.42 bits per heavy atom. The molecule has 1 aliphatic heterocycles. The molecule has 1 aliphatic rings. The molecule has 1 aromatic carbocycles. The second kappa shape index (κ2) is 9.05. The largest absolute Gasteiger partial charge is 0.492 e. The van der Waals surface area contributed by atoms with Gasteiger partial charge in [0.2, 0.25) is 0 Å². The number of guanidine groups is 1. The van der Waals surface area contributed by atoms with Gasteiger partial charge in [0.05, 0.1) is 25.9 Å². The zero-order valence-electron chi connectivity index (χ0n) is 15.1. The van der Waals surface area contributed by atoms with Crippen LogP contribution in [0.25, 0.3) is 0 Å². The monoisotopic (exact) mass is 421 g/mol. The van der Waals surface area contributed by atoms with Crippen LogP contribution in [-0.2, 0) is 11.8 Å². The first-order valence-electron chi connectivity index (χ1n) is 8.60. The van der Waals surface area contributed by atoms with Crippen LogP contribution in [0, 0.1) is 0 Å². The number of hydrogen-bond acceptors (Lipinski definition) is 4. The van der Waals surface area contributed by atoms with Gasteiger partial charge >= 0.3 is 0 Å². The molecule has 140 valence electrons. The lowest BCUT2D eigenvalue weighted by atomic mass is 10.1. The van der Waals surface area contributed by atoms with Gasteiger partial charge in [-0.1, -0.05) is 15.9 Å². The fraction of sp³-hybridized carbons (Fsp3) is 0.444. The molecule has 26 heavy (non-hydrogen) atoms. The Morgan fingerprint density at radius 3 is 2.92 bits per heavy atom. The van der Waals surface area contributed by atoms with Crippen LogP contribution in [0.3, 0.4) is 0 Å². The summed E-state index contributed by atoms with van der Waals surface area (Å²) in [6.45, 7) is 3.47. The van der Waals surface area contributed by atoms with Gasteiger partial charge < -0.3 is 19.7 Å². The molecular formula is C18H24BrN5O2. The first-order chi connectivity index (χ1) is 12.7. The van der Waals surface area contributed by atoms with E-state index in [1.807, 2.05) is 43.7 Å². The van der Waals surface area contributed by atoms with Crippen molar-refractivity contribution in [3.8, 4) is 5.75 Å². The van der Waals surface area contributed by atoms with Crippen LogP contribution >= 0.6 is 15.9 Å². The summed E-state index contributed by atoms with van der Waals surface area (Å²) in [7, 11) is 3.71. The van der Waals surface area contributed by atoms with Crippen molar-refractivity contribution in [3.63, 3.8) is 0 Å². The van der Waals surface area contributed by atoms with E-state index in [4.69, 9.17) is 9.47 Å². The normalized spacial score (nSPS) is 18.0. The van der Waals surface area contributed by atoms with Gasteiger partial charge in [0.15, 0.2) is 5.96 Å². The molecule has 2 heterocycles. The van der Waals surface area contributed by atoms with E-state index in [9.17, 15) is 0 Å². The molecule has 0 spiro atoms. The maximum atomic E-state index is 5.89. The molecule has 0 bridgehead atoms. The molecule has 1 atom stereocenters. The van der Waals surface area contributed by atoms with Crippen molar-refractivity contribution in [1.82, 2.24) is 20.0 Å². The lowest BCUT2D eigenvalue weighted by Gasteiger charge is -2.34. The number of aliphatic imine (C=N–C) groups is 1. The van der Waals surface area contributed by atoms with Crippen LogP contribution in [0.4, 0.5) is 0 Å². The molecule has 1 unspecified atom stereocenters. The topological polar surface area (TPSA) is 63.9 Å². The number of aromatic nitrogens is 2. The fourth-order valence-corrected chi connectivity index (χ4v) is 3.11. The van der Waals surface area contributed by atoms with Crippen LogP contribution in [-0.4, -0.2) is 60.5 Å². The van der Waals surface area contributed by atoms with E-state index in [0.29, 0.717) is 19.8 Å². The smallest absolute Gasteiger partial charge is 0.193 e. The van der Waals surface area contributed by atoms with Crippen LogP contribution in [0.1, 0.15) is 11.7 Å². The second-order valence-electron chi connectivity index (χ2n) is 6.03. The van der Waals surface area contributed by atoms with Crippen LogP contribution < -0.4 is 10.1 Å². The zero-order valence-corrected chi connectivity index (χ0v) is 16.6. The average molecular weight is 422 g/mol. The highest BCUT2D eigenvalue weighted by atomic mass is 79.9. The third-order valence-corrected chi connectivity index (χ3v) is 4.67. The molecule has 0 saturated carbocycles. The molecule has 8 heteroatoms. The highest BCUT2D eigenvalue weighted by molar-refractivity contribution is 9.10. The Kier molecular flexibility index (Phi) is 6.51. The summed E-state index contributed by atoms with van der Waals surface area (Å²) in [5, 5.41) is 7.59. The van der Waals surface area contributed by atoms with Gasteiger partial charge in [-0.25, -0.2) is 0 Å². The van der Waals surface area contributed by atoms with Gasteiger partial charge in [0.25, 0.3) is 0 Å². The van der Waals surface area contributed by atoms with Gasteiger partial charge in [-0.05, 0) is 24.3 Å². The molecule has 0 amide bonds. The maximum Gasteiger partial charge on any atom is 0.193 e. The van der Waals surface area contributed by atoms with Crippen molar-refractivity contribution >= 4 is 21.9 Å². The highest BCUT2D eigenvalue weighted by Gasteiger charge is 2.24. The molecule has 1 N–H and O–H groups in total. The Labute approximate surface area is 162 Å². The van der Waals surface area contributed by atoms with Gasteiger partial charge in [-0.3, -0.25) is 9.67 Å². The highest BCUT2D eigenvalue weighted by Crippen LogP contribution is 2.21. The third-order valence-electron chi connectivity index (χ3n) is 4.14. The van der Waals surface area contributed by atoms with E-state index < -0.39 is 0 Å². The molecule has 3 rings (SSSR count). The van der Waals surface area contributed by atoms with E-state index in [2.05, 4.69) is 36.2 Å². The zero-order chi connectivity index (χ0) is 18.4. The summed E-state index contributed by atoms with van der Waals surface area (Å²) in [6.07, 6.45) is 3.86. The maximum absolute atomic E-state index is 5.89. The molecule has 1 fully saturated rings. The van der Waals surface area contributed by atoms with Crippen molar-refractivity contribution in [1.29, 1.82) is 0 Å². The van der Waals surface area contributed by atoms with Crippen LogP contribution in [0.15, 0.2) is 46.1 Å². The summed E-state index contributed by atoms with van der Waals surface area (Å²) >= 11 is 3.42. The average Bonchev–Trinajstić information content (AvgIpc) is 3.10. The summed E-state index contributed by atoms with van der Waals surface area (Å²) < 4.78 is 14.5. The van der Waals surface area contributed by atoms with E-state index in [1.165, 1.54) is 0 Å². The number of halogens is 1. The van der Waals surface area contributed by atoms with E-state index in [-0.39, 0.29) is 6.10 Å². The summed E-state index contributed by atoms with van der Waals surface area (Å²) in [4.78, 5) is 6.60. The van der Waals surface area contributed by atoms with Gasteiger partial charge in [0.1, 0.15) is 18.5 Å². The molecule has 0 aliphatic carbocycles. The van der Waals surface area contributed by atoms with Crippen LogP contribution in [0.5, 0.6) is 5.75 Å². The van der Waals surface area contributed by atoms with Crippen molar-refractivity contribution in [3.05, 3.63) is 46.7 Å². The first kappa shape index (κ1) is 18.7. The van der Waals surface area contributed by atoms with Gasteiger partial charge in [-0.2, -0.15) is 5.10 Å². The molecule has 1 saturated heterocycles. The minimum atomic E-state index is 0.00927. The number of hydrogen-bond donors (Lipinski definition) is 1.